The minimum Gasteiger partial charge on any atom is -0.508 e. The average Bonchev–Trinajstić information content (AvgIpc) is 2.30. The maximum absolute atomic E-state index is 9.06. The molecule has 2 aromatic rings. The molecule has 1 heterocycles. The van der Waals surface area contributed by atoms with E-state index in [0.29, 0.717) is 11.5 Å². The summed E-state index contributed by atoms with van der Waals surface area (Å²) in [6, 6.07) is 11.9. The molecule has 1 aromatic heterocycles. The second-order valence-corrected chi connectivity index (χ2v) is 2.90. The molecule has 0 fully saturated rings. The van der Waals surface area contributed by atoms with Crippen LogP contribution in [0.2, 0.25) is 0 Å². The lowest BCUT2D eigenvalue weighted by atomic mass is 10.3. The molecule has 0 aliphatic carbocycles. The molecule has 1 N–H and O–H groups in total. The minimum absolute atomic E-state index is 0.215. The minimum atomic E-state index is 0.215. The van der Waals surface area contributed by atoms with E-state index in [9.17, 15) is 0 Å². The molecule has 0 saturated carbocycles. The first-order valence-electron chi connectivity index (χ1n) is 4.46. The first-order chi connectivity index (χ1) is 7.34. The highest BCUT2D eigenvalue weighted by molar-refractivity contribution is 5.40. The van der Waals surface area contributed by atoms with Crippen molar-refractivity contribution in [2.45, 2.75) is 0 Å². The molecule has 0 aliphatic heterocycles. The number of pyridine rings is 1. The lowest BCUT2D eigenvalue weighted by Crippen LogP contribution is -1.69. The molecule has 0 spiro atoms. The van der Waals surface area contributed by atoms with Crippen molar-refractivity contribution in [3.05, 3.63) is 48.7 Å². The molecular formula is C11H9N3O. The number of hydrogen-bond acceptors (Lipinski definition) is 4. The first kappa shape index (κ1) is 9.33. The van der Waals surface area contributed by atoms with Gasteiger partial charge in [-0.2, -0.15) is 0 Å². The molecule has 0 bridgehead atoms. The summed E-state index contributed by atoms with van der Waals surface area (Å²) >= 11 is 0. The second kappa shape index (κ2) is 4.32. The van der Waals surface area contributed by atoms with Gasteiger partial charge in [-0.05, 0) is 36.4 Å². The number of azo groups is 1. The van der Waals surface area contributed by atoms with Crippen LogP contribution in [-0.4, -0.2) is 10.1 Å². The third-order valence-electron chi connectivity index (χ3n) is 1.77. The van der Waals surface area contributed by atoms with Crippen LogP contribution in [0.5, 0.6) is 5.75 Å². The highest BCUT2D eigenvalue weighted by Gasteiger charge is 1.90. The van der Waals surface area contributed by atoms with Gasteiger partial charge in [0, 0.05) is 6.20 Å². The summed E-state index contributed by atoms with van der Waals surface area (Å²) in [6.07, 6.45) is 1.66. The summed E-state index contributed by atoms with van der Waals surface area (Å²) in [5.74, 6) is 0.775. The average molecular weight is 199 g/mol. The number of aromatic nitrogens is 1. The van der Waals surface area contributed by atoms with E-state index < -0.39 is 0 Å². The van der Waals surface area contributed by atoms with Crippen molar-refractivity contribution in [2.75, 3.05) is 0 Å². The fourth-order valence-electron chi connectivity index (χ4n) is 1.04. The molecule has 1 aromatic carbocycles. The van der Waals surface area contributed by atoms with Gasteiger partial charge in [0.1, 0.15) is 5.75 Å². The zero-order valence-corrected chi connectivity index (χ0v) is 7.91. The molecule has 4 heteroatoms. The molecule has 0 aliphatic rings. The smallest absolute Gasteiger partial charge is 0.174 e. The van der Waals surface area contributed by atoms with Crippen LogP contribution in [0.1, 0.15) is 0 Å². The largest absolute Gasteiger partial charge is 0.508 e. The Hall–Kier alpha value is -2.23. The van der Waals surface area contributed by atoms with Crippen LogP contribution in [0, 0.1) is 0 Å². The fourth-order valence-corrected chi connectivity index (χ4v) is 1.04. The Labute approximate surface area is 86.9 Å². The molecule has 0 atom stereocenters. The zero-order valence-electron chi connectivity index (χ0n) is 7.91. The topological polar surface area (TPSA) is 57.8 Å². The summed E-state index contributed by atoms with van der Waals surface area (Å²) in [6.45, 7) is 0. The molecule has 15 heavy (non-hydrogen) atoms. The number of aromatic hydroxyl groups is 1. The molecule has 0 radical (unpaired) electrons. The number of rotatable bonds is 2. The molecule has 0 unspecified atom stereocenters. The summed E-state index contributed by atoms with van der Waals surface area (Å²) in [5, 5.41) is 17.0. The quantitative estimate of drug-likeness (QED) is 0.755. The lowest BCUT2D eigenvalue weighted by Gasteiger charge is -1.92. The molecular weight excluding hydrogens is 190 g/mol. The summed E-state index contributed by atoms with van der Waals surface area (Å²) in [4.78, 5) is 4.00. The van der Waals surface area contributed by atoms with Crippen molar-refractivity contribution >= 4 is 11.5 Å². The van der Waals surface area contributed by atoms with Gasteiger partial charge in [0.05, 0.1) is 5.69 Å². The first-order valence-corrected chi connectivity index (χ1v) is 4.46. The zero-order chi connectivity index (χ0) is 10.5. The maximum Gasteiger partial charge on any atom is 0.174 e. The van der Waals surface area contributed by atoms with Crippen molar-refractivity contribution in [3.63, 3.8) is 0 Å². The van der Waals surface area contributed by atoms with Crippen LogP contribution in [-0.2, 0) is 0 Å². The van der Waals surface area contributed by atoms with Gasteiger partial charge >= 0.3 is 0 Å². The van der Waals surface area contributed by atoms with Crippen LogP contribution in [0.4, 0.5) is 11.5 Å². The van der Waals surface area contributed by atoms with Crippen LogP contribution >= 0.6 is 0 Å². The summed E-state index contributed by atoms with van der Waals surface area (Å²) in [7, 11) is 0. The monoisotopic (exact) mass is 199 g/mol. The van der Waals surface area contributed by atoms with Crippen LogP contribution in [0.15, 0.2) is 58.9 Å². The van der Waals surface area contributed by atoms with Crippen molar-refractivity contribution in [1.82, 2.24) is 4.98 Å². The number of hydrogen-bond donors (Lipinski definition) is 1. The Morgan fingerprint density at radius 2 is 1.73 bits per heavy atom. The Bertz CT molecular complexity index is 451. The predicted octanol–water partition coefficient (Wildman–Crippen LogP) is 3.20. The summed E-state index contributed by atoms with van der Waals surface area (Å²) < 4.78 is 0. The van der Waals surface area contributed by atoms with Gasteiger partial charge < -0.3 is 5.11 Å². The van der Waals surface area contributed by atoms with E-state index in [-0.39, 0.29) is 5.75 Å². The van der Waals surface area contributed by atoms with Crippen LogP contribution in [0.25, 0.3) is 0 Å². The van der Waals surface area contributed by atoms with E-state index in [4.69, 9.17) is 5.11 Å². The number of phenolic OH excluding ortho intramolecular Hbond substituents is 1. The Kier molecular flexibility index (Phi) is 2.69. The third kappa shape index (κ3) is 2.60. The molecule has 0 amide bonds. The number of benzene rings is 1. The highest BCUT2D eigenvalue weighted by atomic mass is 16.3. The second-order valence-electron chi connectivity index (χ2n) is 2.90. The van der Waals surface area contributed by atoms with Gasteiger partial charge in [0.15, 0.2) is 5.82 Å². The van der Waals surface area contributed by atoms with E-state index >= 15 is 0 Å². The molecule has 0 saturated heterocycles. The van der Waals surface area contributed by atoms with Crippen molar-refractivity contribution < 1.29 is 5.11 Å². The number of phenols is 1. The van der Waals surface area contributed by atoms with Crippen LogP contribution < -0.4 is 0 Å². The van der Waals surface area contributed by atoms with Gasteiger partial charge in [-0.3, -0.25) is 0 Å². The predicted molar refractivity (Wildman–Crippen MR) is 56.5 cm³/mol. The van der Waals surface area contributed by atoms with Gasteiger partial charge in [0.25, 0.3) is 0 Å². The normalized spacial score (nSPS) is 10.7. The van der Waals surface area contributed by atoms with E-state index in [1.54, 1.807) is 36.5 Å². The van der Waals surface area contributed by atoms with Crippen molar-refractivity contribution in [2.24, 2.45) is 10.2 Å². The summed E-state index contributed by atoms with van der Waals surface area (Å²) in [5.41, 5.74) is 0.679. The van der Waals surface area contributed by atoms with E-state index in [0.717, 1.165) is 0 Å². The molecule has 4 nitrogen and oxygen atoms in total. The van der Waals surface area contributed by atoms with E-state index in [1.165, 1.54) is 0 Å². The van der Waals surface area contributed by atoms with Crippen molar-refractivity contribution in [3.8, 4) is 5.75 Å². The van der Waals surface area contributed by atoms with Gasteiger partial charge in [-0.25, -0.2) is 4.98 Å². The highest BCUT2D eigenvalue weighted by Crippen LogP contribution is 2.18. The third-order valence-corrected chi connectivity index (χ3v) is 1.77. The Balaban J connectivity index is 2.15. The van der Waals surface area contributed by atoms with E-state index in [1.807, 2.05) is 12.1 Å². The molecule has 74 valence electrons. The van der Waals surface area contributed by atoms with Gasteiger partial charge in [-0.15, -0.1) is 10.2 Å². The molecule has 2 rings (SSSR count). The fraction of sp³-hybridized carbons (Fsp3) is 0. The van der Waals surface area contributed by atoms with Gasteiger partial charge in [-0.1, -0.05) is 6.07 Å². The standard InChI is InChI=1S/C11H9N3O/c15-10-6-4-9(5-7-10)13-14-11-3-1-2-8-12-11/h1-8,15H. The SMILES string of the molecule is Oc1ccc(N=Nc2ccccn2)cc1. The van der Waals surface area contributed by atoms with Crippen molar-refractivity contribution in [1.29, 1.82) is 0 Å². The Morgan fingerprint density at radius 1 is 0.933 bits per heavy atom. The lowest BCUT2D eigenvalue weighted by molar-refractivity contribution is 0.475. The maximum atomic E-state index is 9.06. The van der Waals surface area contributed by atoms with Gasteiger partial charge in [0.2, 0.25) is 0 Å². The Morgan fingerprint density at radius 3 is 2.40 bits per heavy atom. The number of nitrogens with zero attached hydrogens (tertiary/aromatic N) is 3. The van der Waals surface area contributed by atoms with E-state index in [2.05, 4.69) is 15.2 Å². The van der Waals surface area contributed by atoms with Crippen LogP contribution in [0.3, 0.4) is 0 Å².